The van der Waals surface area contributed by atoms with Crippen molar-refractivity contribution < 1.29 is 13.2 Å². The van der Waals surface area contributed by atoms with Crippen LogP contribution in [0.2, 0.25) is 0 Å². The van der Waals surface area contributed by atoms with Gasteiger partial charge in [-0.3, -0.25) is 19.1 Å². The first-order valence-corrected chi connectivity index (χ1v) is 6.77. The summed E-state index contributed by atoms with van der Waals surface area (Å²) in [5, 5.41) is 2.19. The van der Waals surface area contributed by atoms with Crippen LogP contribution in [-0.4, -0.2) is 30.3 Å². The lowest BCUT2D eigenvalue weighted by molar-refractivity contribution is -0.116. The molecule has 2 N–H and O–H groups in total. The van der Waals surface area contributed by atoms with E-state index >= 15 is 0 Å². The predicted octanol–water partition coefficient (Wildman–Crippen LogP) is -1.66. The standard InChI is InChI=1S/C10H11N3O5S/c1-5(14)4-11-7-3-6-8(19(7,17)18)9(15)12-10(16)13(6)2/h3,11H,4H2,1-2H3,(H,12,15,16). The van der Waals surface area contributed by atoms with Crippen LogP contribution in [-0.2, 0) is 21.7 Å². The summed E-state index contributed by atoms with van der Waals surface area (Å²) in [5.74, 6) is -0.255. The van der Waals surface area contributed by atoms with Crippen molar-refractivity contribution in [2.45, 2.75) is 11.8 Å². The Morgan fingerprint density at radius 2 is 2.05 bits per heavy atom. The van der Waals surface area contributed by atoms with Crippen molar-refractivity contribution in [2.75, 3.05) is 6.54 Å². The number of fused-ring (bicyclic) bond motifs is 1. The summed E-state index contributed by atoms with van der Waals surface area (Å²) in [6.45, 7) is 1.12. The van der Waals surface area contributed by atoms with Gasteiger partial charge in [0.2, 0.25) is 9.84 Å². The minimum atomic E-state index is -4.02. The number of H-pyrrole nitrogens is 1. The van der Waals surface area contributed by atoms with Crippen LogP contribution in [0, 0.1) is 0 Å². The highest BCUT2D eigenvalue weighted by Crippen LogP contribution is 2.26. The average molecular weight is 285 g/mol. The van der Waals surface area contributed by atoms with Gasteiger partial charge in [-0.25, -0.2) is 13.2 Å². The number of hydrogen-bond acceptors (Lipinski definition) is 6. The number of aromatic nitrogens is 2. The Morgan fingerprint density at radius 3 is 2.63 bits per heavy atom. The van der Waals surface area contributed by atoms with Crippen LogP contribution in [0.15, 0.2) is 19.5 Å². The van der Waals surface area contributed by atoms with Crippen LogP contribution in [0.3, 0.4) is 0 Å². The van der Waals surface area contributed by atoms with Crippen molar-refractivity contribution >= 4 is 21.7 Å². The van der Waals surface area contributed by atoms with Gasteiger partial charge in [-0.05, 0) is 13.0 Å². The van der Waals surface area contributed by atoms with E-state index in [4.69, 9.17) is 0 Å². The molecule has 1 aliphatic heterocycles. The largest absolute Gasteiger partial charge is 0.368 e. The molecule has 0 bridgehead atoms. The molecule has 0 fully saturated rings. The zero-order valence-corrected chi connectivity index (χ0v) is 11.0. The summed E-state index contributed by atoms with van der Waals surface area (Å²) >= 11 is 0. The SMILES string of the molecule is CC(=O)CNC1=Cc2c(c(=O)[nH]c(=O)n2C)S1(=O)=O. The molecular formula is C10H11N3O5S. The maximum atomic E-state index is 12.1. The number of sulfone groups is 1. The Hall–Kier alpha value is -2.16. The number of ketones is 1. The molecule has 1 aromatic rings. The molecule has 9 heteroatoms. The number of hydrogen-bond donors (Lipinski definition) is 2. The minimum Gasteiger partial charge on any atom is -0.368 e. The Kier molecular flexibility index (Phi) is 2.93. The maximum Gasteiger partial charge on any atom is 0.328 e. The lowest BCUT2D eigenvalue weighted by Crippen LogP contribution is -2.33. The van der Waals surface area contributed by atoms with Crippen LogP contribution in [0.25, 0.3) is 6.08 Å². The van der Waals surface area contributed by atoms with E-state index in [1.54, 1.807) is 0 Å². The maximum absolute atomic E-state index is 12.1. The Bertz CT molecular complexity index is 813. The Morgan fingerprint density at radius 1 is 1.42 bits per heavy atom. The molecular weight excluding hydrogens is 274 g/mol. The molecule has 102 valence electrons. The second-order valence-corrected chi connectivity index (χ2v) is 5.96. The van der Waals surface area contributed by atoms with Gasteiger partial charge < -0.3 is 5.32 Å². The van der Waals surface area contributed by atoms with Gasteiger partial charge in [-0.1, -0.05) is 0 Å². The Labute approximate surface area is 107 Å². The van der Waals surface area contributed by atoms with Crippen LogP contribution < -0.4 is 16.6 Å². The van der Waals surface area contributed by atoms with E-state index < -0.39 is 26.0 Å². The zero-order chi connectivity index (χ0) is 14.4. The van der Waals surface area contributed by atoms with Crippen molar-refractivity contribution in [1.82, 2.24) is 14.9 Å². The second kappa shape index (κ2) is 4.19. The molecule has 2 heterocycles. The van der Waals surface area contributed by atoms with Crippen molar-refractivity contribution in [2.24, 2.45) is 7.05 Å². The summed E-state index contributed by atoms with van der Waals surface area (Å²) < 4.78 is 25.2. The van der Waals surface area contributed by atoms with Gasteiger partial charge in [0.1, 0.15) is 10.8 Å². The number of nitrogens with zero attached hydrogens (tertiary/aromatic N) is 1. The van der Waals surface area contributed by atoms with Crippen LogP contribution in [0.4, 0.5) is 0 Å². The fourth-order valence-corrected chi connectivity index (χ4v) is 3.22. The monoisotopic (exact) mass is 285 g/mol. The third kappa shape index (κ3) is 2.01. The fourth-order valence-electron chi connectivity index (χ4n) is 1.71. The third-order valence-electron chi connectivity index (χ3n) is 2.66. The first kappa shape index (κ1) is 13.3. The first-order valence-electron chi connectivity index (χ1n) is 5.28. The number of rotatable bonds is 3. The summed E-state index contributed by atoms with van der Waals surface area (Å²) in [6.07, 6.45) is 1.17. The minimum absolute atomic E-state index is 0.000183. The number of carbonyl (C=O) groups is 1. The topological polar surface area (TPSA) is 118 Å². The van der Waals surface area contributed by atoms with Gasteiger partial charge in [0, 0.05) is 7.05 Å². The van der Waals surface area contributed by atoms with Gasteiger partial charge in [-0.15, -0.1) is 0 Å². The highest BCUT2D eigenvalue weighted by Gasteiger charge is 2.34. The van der Waals surface area contributed by atoms with E-state index in [9.17, 15) is 22.8 Å². The predicted molar refractivity (Wildman–Crippen MR) is 66.2 cm³/mol. The smallest absolute Gasteiger partial charge is 0.328 e. The molecule has 1 aromatic heterocycles. The first-order chi connectivity index (χ1) is 8.75. The van der Waals surface area contributed by atoms with E-state index in [1.165, 1.54) is 20.0 Å². The van der Waals surface area contributed by atoms with E-state index in [1.807, 2.05) is 4.98 Å². The highest BCUT2D eigenvalue weighted by atomic mass is 32.2. The lowest BCUT2D eigenvalue weighted by Gasteiger charge is -2.04. The van der Waals surface area contributed by atoms with Crippen molar-refractivity contribution in [3.8, 4) is 0 Å². The molecule has 0 amide bonds. The van der Waals surface area contributed by atoms with Gasteiger partial charge in [-0.2, -0.15) is 0 Å². The fraction of sp³-hybridized carbons (Fsp3) is 0.300. The molecule has 0 aliphatic carbocycles. The van der Waals surface area contributed by atoms with Gasteiger partial charge >= 0.3 is 5.69 Å². The van der Waals surface area contributed by atoms with Crippen LogP contribution in [0.1, 0.15) is 12.6 Å². The summed E-state index contributed by atoms with van der Waals surface area (Å²) in [6, 6.07) is 0. The molecule has 0 aromatic carbocycles. The molecule has 0 spiro atoms. The summed E-state index contributed by atoms with van der Waals surface area (Å²) in [7, 11) is -2.67. The normalized spacial score (nSPS) is 15.8. The van der Waals surface area contributed by atoms with E-state index in [-0.39, 0.29) is 23.1 Å². The number of nitrogens with one attached hydrogen (secondary N) is 2. The molecule has 0 saturated carbocycles. The van der Waals surface area contributed by atoms with Crippen molar-refractivity contribution in [1.29, 1.82) is 0 Å². The van der Waals surface area contributed by atoms with Crippen LogP contribution in [0.5, 0.6) is 0 Å². The van der Waals surface area contributed by atoms with E-state index in [0.717, 1.165) is 4.57 Å². The Balaban J connectivity index is 2.64. The summed E-state index contributed by atoms with van der Waals surface area (Å²) in [4.78, 5) is 35.3. The molecule has 0 radical (unpaired) electrons. The highest BCUT2D eigenvalue weighted by molar-refractivity contribution is 7.95. The van der Waals surface area contributed by atoms with Crippen LogP contribution >= 0.6 is 0 Å². The zero-order valence-electron chi connectivity index (χ0n) is 10.2. The van der Waals surface area contributed by atoms with Crippen molar-refractivity contribution in [3.05, 3.63) is 31.6 Å². The van der Waals surface area contributed by atoms with Gasteiger partial charge in [0.05, 0.1) is 12.2 Å². The number of aromatic amines is 1. The molecule has 1 aliphatic rings. The van der Waals surface area contributed by atoms with Crippen molar-refractivity contribution in [3.63, 3.8) is 0 Å². The summed E-state index contributed by atoms with van der Waals surface area (Å²) in [5.41, 5.74) is -1.67. The molecule has 19 heavy (non-hydrogen) atoms. The quantitative estimate of drug-likeness (QED) is 0.686. The second-order valence-electron chi connectivity index (χ2n) is 4.10. The van der Waals surface area contributed by atoms with Gasteiger partial charge in [0.25, 0.3) is 5.56 Å². The molecule has 0 atom stereocenters. The average Bonchev–Trinajstić information content (AvgIpc) is 2.55. The van der Waals surface area contributed by atoms with E-state index in [2.05, 4.69) is 5.32 Å². The molecule has 0 unspecified atom stereocenters. The molecule has 0 saturated heterocycles. The molecule has 8 nitrogen and oxygen atoms in total. The lowest BCUT2D eigenvalue weighted by atomic mass is 10.3. The molecule has 2 rings (SSSR count). The van der Waals surface area contributed by atoms with Gasteiger partial charge in [0.15, 0.2) is 4.90 Å². The number of carbonyl (C=O) groups excluding carboxylic acids is 1. The number of Topliss-reactive ketones (excluding diaryl/α,β-unsaturated/α-hetero) is 1. The third-order valence-corrected chi connectivity index (χ3v) is 4.44. The van der Waals surface area contributed by atoms with E-state index in [0.29, 0.717) is 0 Å².